The van der Waals surface area contributed by atoms with E-state index in [0.717, 1.165) is 5.56 Å². The second kappa shape index (κ2) is 7.69. The van der Waals surface area contributed by atoms with Crippen LogP contribution in [0.3, 0.4) is 0 Å². The molecule has 0 spiro atoms. The first-order valence-electron chi connectivity index (χ1n) is 7.14. The Balaban J connectivity index is 2.85. The van der Waals surface area contributed by atoms with Crippen LogP contribution >= 0.6 is 0 Å². The number of hydrogen-bond donors (Lipinski definition) is 1. The van der Waals surface area contributed by atoms with Gasteiger partial charge in [-0.2, -0.15) is 0 Å². The summed E-state index contributed by atoms with van der Waals surface area (Å²) in [5, 5.41) is 2.35. The molecule has 0 radical (unpaired) electrons. The van der Waals surface area contributed by atoms with Crippen molar-refractivity contribution in [3.8, 4) is 0 Å². The molecule has 0 aliphatic heterocycles. The lowest BCUT2D eigenvalue weighted by Gasteiger charge is -2.14. The highest BCUT2D eigenvalue weighted by Crippen LogP contribution is 2.07. The van der Waals surface area contributed by atoms with Crippen LogP contribution in [0.5, 0.6) is 0 Å². The second-order valence-electron chi connectivity index (χ2n) is 4.54. The smallest absolute Gasteiger partial charge is 0.226 e. The van der Waals surface area contributed by atoms with Crippen LogP contribution in [-0.4, -0.2) is 25.4 Å². The Morgan fingerprint density at radius 1 is 1.47 bits per heavy atom. The number of Topliss-reactive ketones (excluding diaryl/α,β-unsaturated/α-hetero) is 1. The van der Waals surface area contributed by atoms with Crippen molar-refractivity contribution in [2.24, 2.45) is 5.92 Å². The minimum atomic E-state index is -1.99. The summed E-state index contributed by atoms with van der Waals surface area (Å²) in [6, 6.07) is 6.88. The standard InChI is InChI=1S/C15H21NO3/c1-11-5-4-6-13(7-11)9-16-15(18)14(10-19-3)8-12(2)17/h4-7,14H,8-10H2,1-3H3,(H,16,18)/i9D2. The topological polar surface area (TPSA) is 55.4 Å². The zero-order valence-electron chi connectivity index (χ0n) is 13.5. The number of aryl methyl sites for hydroxylation is 1. The van der Waals surface area contributed by atoms with Gasteiger partial charge in [0.05, 0.1) is 15.3 Å². The molecule has 1 amide bonds. The van der Waals surface area contributed by atoms with Crippen LogP contribution in [-0.2, 0) is 20.8 Å². The van der Waals surface area contributed by atoms with E-state index in [1.807, 2.05) is 13.0 Å². The fraction of sp³-hybridized carbons (Fsp3) is 0.467. The normalized spacial score (nSPS) is 14.3. The molecule has 4 nitrogen and oxygen atoms in total. The highest BCUT2D eigenvalue weighted by Gasteiger charge is 2.19. The maximum Gasteiger partial charge on any atom is 0.226 e. The number of methoxy groups -OCH3 is 1. The van der Waals surface area contributed by atoms with Gasteiger partial charge in [0.15, 0.2) is 0 Å². The third-order valence-corrected chi connectivity index (χ3v) is 2.62. The molecule has 0 aliphatic carbocycles. The number of benzene rings is 1. The molecule has 0 aliphatic rings. The Bertz CT molecular complexity index is 517. The molecular weight excluding hydrogens is 242 g/mol. The predicted octanol–water partition coefficient (Wildman–Crippen LogP) is 1.85. The minimum absolute atomic E-state index is 0.0313. The molecule has 1 unspecified atom stereocenters. The van der Waals surface area contributed by atoms with Crippen LogP contribution in [0.1, 0.15) is 27.2 Å². The number of ketones is 1. The van der Waals surface area contributed by atoms with Gasteiger partial charge in [0.1, 0.15) is 5.78 Å². The Morgan fingerprint density at radius 2 is 2.21 bits per heavy atom. The molecular formula is C15H21NO3. The molecule has 0 saturated heterocycles. The first-order valence-corrected chi connectivity index (χ1v) is 6.14. The van der Waals surface area contributed by atoms with Gasteiger partial charge in [0.25, 0.3) is 0 Å². The van der Waals surface area contributed by atoms with Crippen LogP contribution in [0.15, 0.2) is 24.3 Å². The Morgan fingerprint density at radius 3 is 2.79 bits per heavy atom. The molecule has 0 saturated carbocycles. The van der Waals surface area contributed by atoms with Crippen LogP contribution < -0.4 is 5.32 Å². The highest BCUT2D eigenvalue weighted by molar-refractivity contribution is 5.85. The molecule has 0 fully saturated rings. The van der Waals surface area contributed by atoms with Crippen LogP contribution in [0.25, 0.3) is 0 Å². The van der Waals surface area contributed by atoms with E-state index < -0.39 is 18.3 Å². The highest BCUT2D eigenvalue weighted by atomic mass is 16.5. The summed E-state index contributed by atoms with van der Waals surface area (Å²) in [7, 11) is 1.44. The SMILES string of the molecule is [2H]C([2H])(NC(=O)C(COC)CC(C)=O)c1cccc(C)c1. The zero-order chi connectivity index (χ0) is 16.0. The van der Waals surface area contributed by atoms with Crippen molar-refractivity contribution >= 4 is 11.7 Å². The Kier molecular flexibility index (Phi) is 5.00. The fourth-order valence-corrected chi connectivity index (χ4v) is 1.73. The van der Waals surface area contributed by atoms with Crippen molar-refractivity contribution in [2.45, 2.75) is 26.8 Å². The summed E-state index contributed by atoms with van der Waals surface area (Å²) in [5.74, 6) is -1.35. The number of ether oxygens (including phenoxy) is 1. The molecule has 104 valence electrons. The number of amides is 1. The molecule has 0 aromatic heterocycles. The van der Waals surface area contributed by atoms with E-state index >= 15 is 0 Å². The molecule has 1 rings (SSSR count). The summed E-state index contributed by atoms with van der Waals surface area (Å²) in [6.07, 6.45) is 0.0313. The molecule has 1 atom stereocenters. The Labute approximate surface area is 117 Å². The molecule has 19 heavy (non-hydrogen) atoms. The molecule has 0 bridgehead atoms. The first kappa shape index (κ1) is 12.4. The van der Waals surface area contributed by atoms with E-state index in [-0.39, 0.29) is 18.8 Å². The van der Waals surface area contributed by atoms with Crippen molar-refractivity contribution in [2.75, 3.05) is 13.7 Å². The lowest BCUT2D eigenvalue weighted by molar-refractivity contribution is -0.130. The average Bonchev–Trinajstić information content (AvgIpc) is 2.37. The second-order valence-corrected chi connectivity index (χ2v) is 4.54. The monoisotopic (exact) mass is 265 g/mol. The number of hydrogen-bond acceptors (Lipinski definition) is 3. The molecule has 0 heterocycles. The van der Waals surface area contributed by atoms with Gasteiger partial charge in [-0.1, -0.05) is 29.8 Å². The third-order valence-electron chi connectivity index (χ3n) is 2.62. The lowest BCUT2D eigenvalue weighted by Crippen LogP contribution is -2.33. The fourth-order valence-electron chi connectivity index (χ4n) is 1.73. The van der Waals surface area contributed by atoms with Gasteiger partial charge in [-0.05, 0) is 19.4 Å². The van der Waals surface area contributed by atoms with Gasteiger partial charge in [-0.25, -0.2) is 0 Å². The summed E-state index contributed by atoms with van der Waals surface area (Å²) < 4.78 is 21.0. The van der Waals surface area contributed by atoms with Crippen LogP contribution in [0.2, 0.25) is 0 Å². The van der Waals surface area contributed by atoms with Gasteiger partial charge in [-0.3, -0.25) is 4.79 Å². The van der Waals surface area contributed by atoms with E-state index in [0.29, 0.717) is 5.56 Å². The molecule has 1 N–H and O–H groups in total. The number of carbonyl (C=O) groups is 2. The van der Waals surface area contributed by atoms with E-state index in [1.54, 1.807) is 18.2 Å². The van der Waals surface area contributed by atoms with Crippen molar-refractivity contribution in [3.05, 3.63) is 35.4 Å². The van der Waals surface area contributed by atoms with Gasteiger partial charge < -0.3 is 14.8 Å². The number of nitrogens with one attached hydrogen (secondary N) is 1. The summed E-state index contributed by atoms with van der Waals surface area (Å²) in [5.41, 5.74) is 1.28. The largest absolute Gasteiger partial charge is 0.384 e. The van der Waals surface area contributed by atoms with Crippen molar-refractivity contribution in [1.29, 1.82) is 0 Å². The van der Waals surface area contributed by atoms with E-state index in [2.05, 4.69) is 5.32 Å². The van der Waals surface area contributed by atoms with E-state index in [1.165, 1.54) is 14.0 Å². The first-order chi connectivity index (χ1) is 9.76. The molecule has 4 heteroatoms. The maximum absolute atomic E-state index is 12.2. The quantitative estimate of drug-likeness (QED) is 0.818. The minimum Gasteiger partial charge on any atom is -0.384 e. The van der Waals surface area contributed by atoms with Crippen molar-refractivity contribution in [3.63, 3.8) is 0 Å². The van der Waals surface area contributed by atoms with Gasteiger partial charge >= 0.3 is 0 Å². The number of carbonyl (C=O) groups excluding carboxylic acids is 2. The van der Waals surface area contributed by atoms with Crippen molar-refractivity contribution in [1.82, 2.24) is 5.32 Å². The average molecular weight is 265 g/mol. The Hall–Kier alpha value is -1.68. The maximum atomic E-state index is 12.2. The molecule has 1 aromatic carbocycles. The molecule has 1 aromatic rings. The van der Waals surface area contributed by atoms with Gasteiger partial charge in [0.2, 0.25) is 5.91 Å². The van der Waals surface area contributed by atoms with Gasteiger partial charge in [0, 0.05) is 20.0 Å². The zero-order valence-corrected chi connectivity index (χ0v) is 11.5. The van der Waals surface area contributed by atoms with Crippen LogP contribution in [0, 0.1) is 12.8 Å². The third kappa shape index (κ3) is 5.66. The summed E-state index contributed by atoms with van der Waals surface area (Å²) >= 11 is 0. The van der Waals surface area contributed by atoms with Crippen molar-refractivity contribution < 1.29 is 17.1 Å². The van der Waals surface area contributed by atoms with E-state index in [9.17, 15) is 9.59 Å². The number of rotatable bonds is 7. The summed E-state index contributed by atoms with van der Waals surface area (Å²) in [4.78, 5) is 23.3. The lowest BCUT2D eigenvalue weighted by atomic mass is 10.0. The van der Waals surface area contributed by atoms with Gasteiger partial charge in [-0.15, -0.1) is 0 Å². The predicted molar refractivity (Wildman–Crippen MR) is 73.7 cm³/mol. The summed E-state index contributed by atoms with van der Waals surface area (Å²) in [6.45, 7) is 1.33. The van der Waals surface area contributed by atoms with E-state index in [4.69, 9.17) is 7.48 Å². The van der Waals surface area contributed by atoms with Crippen LogP contribution in [0.4, 0.5) is 0 Å².